The van der Waals surface area contributed by atoms with Crippen LogP contribution in [-0.4, -0.2) is 18.8 Å². The maximum atomic E-state index is 9.85. The van der Waals surface area contributed by atoms with E-state index in [2.05, 4.69) is 18.7 Å². The summed E-state index contributed by atoms with van der Waals surface area (Å²) in [6, 6.07) is 5.76. The van der Waals surface area contributed by atoms with Crippen LogP contribution in [0.3, 0.4) is 0 Å². The summed E-state index contributed by atoms with van der Waals surface area (Å²) in [7, 11) is 1.57. The first-order valence-corrected chi connectivity index (χ1v) is 5.27. The van der Waals surface area contributed by atoms with Crippen LogP contribution in [-0.2, 0) is 4.84 Å². The minimum atomic E-state index is -0.765. The molecule has 0 aliphatic rings. The Hall–Kier alpha value is -1.10. The number of methoxy groups -OCH3 is 1. The molecule has 4 nitrogen and oxygen atoms in total. The molecule has 0 radical (unpaired) electrons. The lowest BCUT2D eigenvalue weighted by molar-refractivity contribution is 0.0346. The molecule has 1 aromatic rings. The molecule has 1 unspecified atom stereocenters. The summed E-state index contributed by atoms with van der Waals surface area (Å²) in [5, 5.41) is 9.85. The SMILES string of the molecule is COc1ccc(C(C)C)cc1C(O)CON. The van der Waals surface area contributed by atoms with Crippen molar-refractivity contribution in [3.8, 4) is 5.75 Å². The molecule has 1 atom stereocenters. The van der Waals surface area contributed by atoms with E-state index in [1.54, 1.807) is 7.11 Å². The largest absolute Gasteiger partial charge is 0.496 e. The minimum Gasteiger partial charge on any atom is -0.496 e. The van der Waals surface area contributed by atoms with Gasteiger partial charge >= 0.3 is 0 Å². The molecule has 0 saturated heterocycles. The van der Waals surface area contributed by atoms with E-state index >= 15 is 0 Å². The number of rotatable bonds is 5. The van der Waals surface area contributed by atoms with E-state index in [-0.39, 0.29) is 6.61 Å². The summed E-state index contributed by atoms with van der Waals surface area (Å²) < 4.78 is 5.19. The zero-order valence-electron chi connectivity index (χ0n) is 9.93. The Balaban J connectivity index is 3.06. The summed E-state index contributed by atoms with van der Waals surface area (Å²) in [4.78, 5) is 4.45. The van der Waals surface area contributed by atoms with Gasteiger partial charge in [0.2, 0.25) is 0 Å². The van der Waals surface area contributed by atoms with Gasteiger partial charge in [-0.25, -0.2) is 5.90 Å². The fraction of sp³-hybridized carbons (Fsp3) is 0.500. The molecule has 0 heterocycles. The average Bonchev–Trinajstić information content (AvgIpc) is 2.28. The normalized spacial score (nSPS) is 12.9. The third-order valence-electron chi connectivity index (χ3n) is 2.53. The third kappa shape index (κ3) is 2.95. The molecule has 1 aromatic carbocycles. The van der Waals surface area contributed by atoms with Gasteiger partial charge in [0.05, 0.1) is 13.7 Å². The van der Waals surface area contributed by atoms with Gasteiger partial charge in [0.25, 0.3) is 0 Å². The van der Waals surface area contributed by atoms with Gasteiger partial charge in [-0.15, -0.1) is 0 Å². The van der Waals surface area contributed by atoms with Gasteiger partial charge in [0, 0.05) is 5.56 Å². The summed E-state index contributed by atoms with van der Waals surface area (Å²) >= 11 is 0. The van der Waals surface area contributed by atoms with E-state index in [9.17, 15) is 5.11 Å². The molecule has 0 spiro atoms. The van der Waals surface area contributed by atoms with Gasteiger partial charge in [-0.2, -0.15) is 0 Å². The lowest BCUT2D eigenvalue weighted by Crippen LogP contribution is -2.12. The van der Waals surface area contributed by atoms with E-state index < -0.39 is 6.10 Å². The van der Waals surface area contributed by atoms with Crippen molar-refractivity contribution in [1.29, 1.82) is 0 Å². The third-order valence-corrected chi connectivity index (χ3v) is 2.53. The molecular formula is C12H19NO3. The minimum absolute atomic E-state index is 0.0535. The first-order chi connectivity index (χ1) is 7.60. The molecule has 0 fully saturated rings. The van der Waals surface area contributed by atoms with Crippen molar-refractivity contribution in [2.24, 2.45) is 5.90 Å². The fourth-order valence-electron chi connectivity index (χ4n) is 1.55. The fourth-order valence-corrected chi connectivity index (χ4v) is 1.55. The standard InChI is InChI=1S/C12H19NO3/c1-8(2)9-4-5-12(15-3)10(6-9)11(14)7-16-13/h4-6,8,11,14H,7,13H2,1-3H3. The second-order valence-corrected chi connectivity index (χ2v) is 4.01. The molecule has 0 aromatic heterocycles. The van der Waals surface area contributed by atoms with Gasteiger partial charge in [0.1, 0.15) is 11.9 Å². The van der Waals surface area contributed by atoms with Crippen LogP contribution in [0.2, 0.25) is 0 Å². The second kappa shape index (κ2) is 5.84. The Morgan fingerprint density at radius 3 is 2.56 bits per heavy atom. The molecule has 1 rings (SSSR count). The number of nitrogens with two attached hydrogens (primary N) is 1. The smallest absolute Gasteiger partial charge is 0.124 e. The van der Waals surface area contributed by atoms with Crippen molar-refractivity contribution < 1.29 is 14.7 Å². The highest BCUT2D eigenvalue weighted by Crippen LogP contribution is 2.29. The number of benzene rings is 1. The summed E-state index contributed by atoms with van der Waals surface area (Å²) in [6.07, 6.45) is -0.765. The number of ether oxygens (including phenoxy) is 1. The molecule has 0 aliphatic carbocycles. The molecule has 3 N–H and O–H groups in total. The van der Waals surface area contributed by atoms with Gasteiger partial charge in [-0.1, -0.05) is 19.9 Å². The maximum Gasteiger partial charge on any atom is 0.124 e. The molecule has 90 valence electrons. The topological polar surface area (TPSA) is 64.7 Å². The predicted molar refractivity (Wildman–Crippen MR) is 62.2 cm³/mol. The predicted octanol–water partition coefficient (Wildman–Crippen LogP) is 1.74. The van der Waals surface area contributed by atoms with Crippen LogP contribution in [0.5, 0.6) is 5.75 Å². The van der Waals surface area contributed by atoms with Crippen molar-refractivity contribution in [3.05, 3.63) is 29.3 Å². The average molecular weight is 225 g/mol. The second-order valence-electron chi connectivity index (χ2n) is 4.01. The van der Waals surface area contributed by atoms with Crippen LogP contribution in [0.25, 0.3) is 0 Å². The lowest BCUT2D eigenvalue weighted by Gasteiger charge is -2.16. The number of aliphatic hydroxyl groups excluding tert-OH is 1. The number of hydrogen-bond acceptors (Lipinski definition) is 4. The molecule has 0 amide bonds. The van der Waals surface area contributed by atoms with Gasteiger partial charge < -0.3 is 14.7 Å². The van der Waals surface area contributed by atoms with Crippen molar-refractivity contribution in [2.45, 2.75) is 25.9 Å². The summed E-state index contributed by atoms with van der Waals surface area (Å²) in [6.45, 7) is 4.24. The Kier molecular flexibility index (Phi) is 4.73. The first kappa shape index (κ1) is 13.0. The van der Waals surface area contributed by atoms with E-state index in [1.807, 2.05) is 18.2 Å². The molecule has 0 bridgehead atoms. The van der Waals surface area contributed by atoms with Gasteiger partial charge in [-0.3, -0.25) is 0 Å². The van der Waals surface area contributed by atoms with E-state index in [4.69, 9.17) is 10.6 Å². The number of hydrogen-bond donors (Lipinski definition) is 2. The Labute approximate surface area is 95.9 Å². The van der Waals surface area contributed by atoms with Gasteiger partial charge in [0.15, 0.2) is 0 Å². The zero-order chi connectivity index (χ0) is 12.1. The molecule has 16 heavy (non-hydrogen) atoms. The highest BCUT2D eigenvalue weighted by molar-refractivity contribution is 5.39. The maximum absolute atomic E-state index is 9.85. The van der Waals surface area contributed by atoms with Crippen molar-refractivity contribution in [2.75, 3.05) is 13.7 Å². The Morgan fingerprint density at radius 2 is 2.06 bits per heavy atom. The van der Waals surface area contributed by atoms with Crippen LogP contribution in [0.1, 0.15) is 37.0 Å². The monoisotopic (exact) mass is 225 g/mol. The zero-order valence-corrected chi connectivity index (χ0v) is 9.93. The molecule has 4 heteroatoms. The highest BCUT2D eigenvalue weighted by Gasteiger charge is 2.14. The van der Waals surface area contributed by atoms with Crippen molar-refractivity contribution in [3.63, 3.8) is 0 Å². The van der Waals surface area contributed by atoms with E-state index in [0.29, 0.717) is 17.2 Å². The van der Waals surface area contributed by atoms with Crippen LogP contribution >= 0.6 is 0 Å². The van der Waals surface area contributed by atoms with Gasteiger partial charge in [-0.05, 0) is 23.6 Å². The van der Waals surface area contributed by atoms with Crippen LogP contribution in [0.15, 0.2) is 18.2 Å². The summed E-state index contributed by atoms with van der Waals surface area (Å²) in [5.41, 5.74) is 1.85. The van der Waals surface area contributed by atoms with Crippen molar-refractivity contribution >= 4 is 0 Å². The van der Waals surface area contributed by atoms with E-state index in [1.165, 1.54) is 0 Å². The van der Waals surface area contributed by atoms with Crippen LogP contribution in [0.4, 0.5) is 0 Å². The quantitative estimate of drug-likeness (QED) is 0.749. The van der Waals surface area contributed by atoms with E-state index in [0.717, 1.165) is 5.56 Å². The molecule has 0 saturated carbocycles. The lowest BCUT2D eigenvalue weighted by atomic mass is 9.98. The molecular weight excluding hydrogens is 206 g/mol. The first-order valence-electron chi connectivity index (χ1n) is 5.27. The Bertz CT molecular complexity index is 339. The highest BCUT2D eigenvalue weighted by atomic mass is 16.6. The Morgan fingerprint density at radius 1 is 1.38 bits per heavy atom. The summed E-state index contributed by atoms with van der Waals surface area (Å²) in [5.74, 6) is 6.00. The molecule has 0 aliphatic heterocycles. The number of aliphatic hydroxyl groups is 1. The van der Waals surface area contributed by atoms with Crippen molar-refractivity contribution in [1.82, 2.24) is 0 Å². The van der Waals surface area contributed by atoms with Crippen LogP contribution in [0, 0.1) is 0 Å². The van der Waals surface area contributed by atoms with Crippen LogP contribution < -0.4 is 10.6 Å².